The van der Waals surface area contributed by atoms with Crippen molar-refractivity contribution in [3.63, 3.8) is 0 Å². The number of oxazole rings is 1. The van der Waals surface area contributed by atoms with Crippen molar-refractivity contribution in [2.45, 2.75) is 57.0 Å². The number of hydrogen-bond donors (Lipinski definition) is 1. The third-order valence-corrected chi connectivity index (χ3v) is 6.45. The summed E-state index contributed by atoms with van der Waals surface area (Å²) in [7, 11) is -3.73. The van der Waals surface area contributed by atoms with Crippen molar-refractivity contribution >= 4 is 27.1 Å². The SMILES string of the molecule is CCOC(=O)Cn1c(=O)oc2cc(S(=O)(=O)NC3CCCCC3C)ccc21. The van der Waals surface area contributed by atoms with Crippen LogP contribution in [0.1, 0.15) is 39.5 Å². The molecule has 1 aromatic heterocycles. The molecule has 1 aromatic carbocycles. The van der Waals surface area contributed by atoms with Crippen LogP contribution in [0.5, 0.6) is 0 Å². The first-order valence-corrected chi connectivity index (χ1v) is 10.6. The molecule has 148 valence electrons. The van der Waals surface area contributed by atoms with Gasteiger partial charge in [0.1, 0.15) is 6.54 Å². The van der Waals surface area contributed by atoms with E-state index < -0.39 is 21.7 Å². The summed E-state index contributed by atoms with van der Waals surface area (Å²) in [4.78, 5) is 23.7. The zero-order valence-corrected chi connectivity index (χ0v) is 16.3. The van der Waals surface area contributed by atoms with Gasteiger partial charge in [-0.3, -0.25) is 9.36 Å². The molecule has 1 saturated carbocycles. The van der Waals surface area contributed by atoms with Gasteiger partial charge >= 0.3 is 11.7 Å². The molecular formula is C18H24N2O6S. The maximum Gasteiger partial charge on any atom is 0.420 e. The smallest absolute Gasteiger partial charge is 0.420 e. The first-order chi connectivity index (χ1) is 12.8. The molecule has 0 aliphatic heterocycles. The second-order valence-electron chi connectivity index (χ2n) is 6.88. The number of ether oxygens (including phenoxy) is 1. The van der Waals surface area contributed by atoms with Gasteiger partial charge in [-0.15, -0.1) is 0 Å². The van der Waals surface area contributed by atoms with Crippen LogP contribution in [0.3, 0.4) is 0 Å². The highest BCUT2D eigenvalue weighted by Crippen LogP contribution is 2.26. The molecule has 2 aromatic rings. The molecule has 8 nitrogen and oxygen atoms in total. The van der Waals surface area contributed by atoms with Crippen LogP contribution >= 0.6 is 0 Å². The fourth-order valence-electron chi connectivity index (χ4n) is 3.46. The average Bonchev–Trinajstić information content (AvgIpc) is 2.92. The van der Waals surface area contributed by atoms with E-state index in [4.69, 9.17) is 9.15 Å². The summed E-state index contributed by atoms with van der Waals surface area (Å²) >= 11 is 0. The van der Waals surface area contributed by atoms with Crippen molar-refractivity contribution in [1.82, 2.24) is 9.29 Å². The molecule has 0 saturated heterocycles. The van der Waals surface area contributed by atoms with Crippen LogP contribution in [-0.2, 0) is 26.1 Å². The van der Waals surface area contributed by atoms with E-state index in [1.54, 1.807) is 6.92 Å². The van der Waals surface area contributed by atoms with E-state index in [-0.39, 0.29) is 35.6 Å². The lowest BCUT2D eigenvalue weighted by Gasteiger charge is -2.29. The van der Waals surface area contributed by atoms with Crippen molar-refractivity contribution in [2.24, 2.45) is 5.92 Å². The van der Waals surface area contributed by atoms with Gasteiger partial charge in [0, 0.05) is 12.1 Å². The van der Waals surface area contributed by atoms with Gasteiger partial charge in [-0.2, -0.15) is 0 Å². The summed E-state index contributed by atoms with van der Waals surface area (Å²) in [5, 5.41) is 0. The van der Waals surface area contributed by atoms with Gasteiger partial charge in [0.15, 0.2) is 5.58 Å². The standard InChI is InChI=1S/C18H24N2O6S/c1-3-25-17(21)11-20-15-9-8-13(10-16(15)26-18(20)22)27(23,24)19-14-7-5-4-6-12(14)2/h8-10,12,14,19H,3-7,11H2,1-2H3. The van der Waals surface area contributed by atoms with Crippen LogP contribution in [0.2, 0.25) is 0 Å². The van der Waals surface area contributed by atoms with Crippen molar-refractivity contribution in [2.75, 3.05) is 6.61 Å². The van der Waals surface area contributed by atoms with E-state index in [0.29, 0.717) is 5.52 Å². The average molecular weight is 396 g/mol. The Labute approximate surface area is 157 Å². The lowest BCUT2D eigenvalue weighted by Crippen LogP contribution is -2.40. The minimum absolute atomic E-state index is 0.0322. The van der Waals surface area contributed by atoms with Crippen molar-refractivity contribution in [3.05, 3.63) is 28.7 Å². The molecule has 1 aliphatic rings. The number of aromatic nitrogens is 1. The number of esters is 1. The normalized spacial score (nSPS) is 20.7. The highest BCUT2D eigenvalue weighted by Gasteiger charge is 2.27. The molecule has 2 unspecified atom stereocenters. The number of carbonyl (C=O) groups excluding carboxylic acids is 1. The molecule has 1 fully saturated rings. The Morgan fingerprint density at radius 3 is 2.78 bits per heavy atom. The minimum atomic E-state index is -3.73. The van der Waals surface area contributed by atoms with E-state index >= 15 is 0 Å². The van der Waals surface area contributed by atoms with Gasteiger partial charge in [0.25, 0.3) is 0 Å². The fourth-order valence-corrected chi connectivity index (χ4v) is 4.85. The van der Waals surface area contributed by atoms with Gasteiger partial charge in [-0.05, 0) is 37.8 Å². The molecule has 0 bridgehead atoms. The number of sulfonamides is 1. The Hall–Kier alpha value is -2.13. The van der Waals surface area contributed by atoms with Crippen molar-refractivity contribution < 1.29 is 22.4 Å². The van der Waals surface area contributed by atoms with Crippen LogP contribution in [0.4, 0.5) is 0 Å². The maximum atomic E-state index is 12.7. The van der Waals surface area contributed by atoms with Gasteiger partial charge in [-0.1, -0.05) is 19.8 Å². The lowest BCUT2D eigenvalue weighted by molar-refractivity contribution is -0.143. The van der Waals surface area contributed by atoms with Crippen molar-refractivity contribution in [3.8, 4) is 0 Å². The van der Waals surface area contributed by atoms with E-state index in [0.717, 1.165) is 30.3 Å². The number of fused-ring (bicyclic) bond motifs is 1. The molecule has 0 amide bonds. The second kappa shape index (κ2) is 7.85. The molecule has 27 heavy (non-hydrogen) atoms. The third kappa shape index (κ3) is 4.24. The van der Waals surface area contributed by atoms with E-state index in [1.165, 1.54) is 18.2 Å². The molecular weight excluding hydrogens is 372 g/mol. The van der Waals surface area contributed by atoms with Crippen LogP contribution in [-0.4, -0.2) is 31.6 Å². The summed E-state index contributed by atoms with van der Waals surface area (Å²) < 4.78 is 39.3. The maximum absolute atomic E-state index is 12.7. The molecule has 9 heteroatoms. The molecule has 1 N–H and O–H groups in total. The Morgan fingerprint density at radius 1 is 1.33 bits per heavy atom. The van der Waals surface area contributed by atoms with Crippen molar-refractivity contribution in [1.29, 1.82) is 0 Å². The lowest BCUT2D eigenvalue weighted by atomic mass is 9.87. The zero-order valence-electron chi connectivity index (χ0n) is 15.4. The van der Waals surface area contributed by atoms with Gasteiger partial charge in [-0.25, -0.2) is 17.9 Å². The number of carbonyl (C=O) groups is 1. The Bertz CT molecular complexity index is 991. The monoisotopic (exact) mass is 396 g/mol. The second-order valence-corrected chi connectivity index (χ2v) is 8.59. The van der Waals surface area contributed by atoms with Crippen LogP contribution in [0.25, 0.3) is 11.1 Å². The summed E-state index contributed by atoms with van der Waals surface area (Å²) in [6, 6.07) is 4.10. The van der Waals surface area contributed by atoms with Crippen LogP contribution in [0.15, 0.2) is 32.3 Å². The number of nitrogens with zero attached hydrogens (tertiary/aromatic N) is 1. The summed E-state index contributed by atoms with van der Waals surface area (Å²) in [6.45, 7) is 3.64. The molecule has 0 spiro atoms. The fraction of sp³-hybridized carbons (Fsp3) is 0.556. The number of benzene rings is 1. The van der Waals surface area contributed by atoms with E-state index in [2.05, 4.69) is 4.72 Å². The molecule has 3 rings (SSSR count). The topological polar surface area (TPSA) is 108 Å². The predicted octanol–water partition coefficient (Wildman–Crippen LogP) is 2.01. The van der Waals surface area contributed by atoms with Gasteiger partial charge < -0.3 is 9.15 Å². The van der Waals surface area contributed by atoms with Crippen LogP contribution < -0.4 is 10.5 Å². The highest BCUT2D eigenvalue weighted by atomic mass is 32.2. The minimum Gasteiger partial charge on any atom is -0.465 e. The predicted molar refractivity (Wildman–Crippen MR) is 98.8 cm³/mol. The molecule has 2 atom stereocenters. The number of rotatable bonds is 6. The van der Waals surface area contributed by atoms with Gasteiger partial charge in [0.05, 0.1) is 17.0 Å². The summed E-state index contributed by atoms with van der Waals surface area (Å²) in [5.74, 6) is -1.02. The first-order valence-electron chi connectivity index (χ1n) is 9.13. The first kappa shape index (κ1) is 19.6. The van der Waals surface area contributed by atoms with Gasteiger partial charge in [0.2, 0.25) is 10.0 Å². The zero-order chi connectivity index (χ0) is 19.6. The largest absolute Gasteiger partial charge is 0.465 e. The number of hydrogen-bond acceptors (Lipinski definition) is 6. The Morgan fingerprint density at radius 2 is 2.07 bits per heavy atom. The Kier molecular flexibility index (Phi) is 5.71. The molecule has 0 radical (unpaired) electrons. The van der Waals surface area contributed by atoms with E-state index in [1.807, 2.05) is 6.92 Å². The number of nitrogens with one attached hydrogen (secondary N) is 1. The summed E-state index contributed by atoms with van der Waals surface area (Å²) in [6.07, 6.45) is 3.93. The Balaban J connectivity index is 1.88. The van der Waals surface area contributed by atoms with Crippen LogP contribution in [0, 0.1) is 5.92 Å². The van der Waals surface area contributed by atoms with E-state index in [9.17, 15) is 18.0 Å². The summed E-state index contributed by atoms with van der Waals surface area (Å²) in [5.41, 5.74) is 0.460. The quantitative estimate of drug-likeness (QED) is 0.749. The molecule has 1 heterocycles. The molecule has 1 aliphatic carbocycles. The highest BCUT2D eigenvalue weighted by molar-refractivity contribution is 7.89. The third-order valence-electron chi connectivity index (χ3n) is 4.96.